The molecule has 0 heterocycles. The highest BCUT2D eigenvalue weighted by Gasteiger charge is 2.35. The maximum Gasteiger partial charge on any atom is 0.306 e. The van der Waals surface area contributed by atoms with Crippen LogP contribution < -0.4 is 5.32 Å². The molecular weight excluding hydrogens is 214 g/mol. The zero-order chi connectivity index (χ0) is 12.5. The fraction of sp³-hybridized carbons (Fsp3) is 0.929. The first-order valence-corrected chi connectivity index (χ1v) is 6.94. The van der Waals surface area contributed by atoms with E-state index >= 15 is 0 Å². The molecular formula is C14H25NO2. The standard InChI is InChI=1S/C14H25NO2/c1-14(2)7-6-11(8-14)15-9-10-4-3-5-12(10)13(16)17/h10-12,15H,3-9H2,1-2H3,(H,16,17). The lowest BCUT2D eigenvalue weighted by atomic mass is 9.91. The summed E-state index contributed by atoms with van der Waals surface area (Å²) in [5.41, 5.74) is 0.472. The molecule has 2 aliphatic carbocycles. The van der Waals surface area contributed by atoms with Crippen LogP contribution in [0.5, 0.6) is 0 Å². The highest BCUT2D eigenvalue weighted by Crippen LogP contribution is 2.37. The van der Waals surface area contributed by atoms with Gasteiger partial charge in [-0.1, -0.05) is 20.3 Å². The number of rotatable bonds is 4. The van der Waals surface area contributed by atoms with Gasteiger partial charge in [0, 0.05) is 6.04 Å². The number of carboxylic acid groups (broad SMARTS) is 1. The summed E-state index contributed by atoms with van der Waals surface area (Å²) in [5.74, 6) is -0.339. The van der Waals surface area contributed by atoms with Gasteiger partial charge in [0.05, 0.1) is 5.92 Å². The molecule has 2 rings (SSSR count). The molecule has 0 aromatic heterocycles. The van der Waals surface area contributed by atoms with Crippen molar-refractivity contribution in [2.45, 2.75) is 58.4 Å². The van der Waals surface area contributed by atoms with Gasteiger partial charge in [0.1, 0.15) is 0 Å². The van der Waals surface area contributed by atoms with Crippen molar-refractivity contribution in [1.29, 1.82) is 0 Å². The summed E-state index contributed by atoms with van der Waals surface area (Å²) in [6.07, 6.45) is 6.81. The van der Waals surface area contributed by atoms with Crippen molar-refractivity contribution >= 4 is 5.97 Å². The Bertz CT molecular complexity index is 288. The second kappa shape index (κ2) is 4.97. The summed E-state index contributed by atoms with van der Waals surface area (Å²) in [7, 11) is 0. The van der Waals surface area contributed by atoms with Gasteiger partial charge in [0.2, 0.25) is 0 Å². The Morgan fingerprint density at radius 1 is 1.35 bits per heavy atom. The molecule has 3 nitrogen and oxygen atoms in total. The molecule has 0 bridgehead atoms. The van der Waals surface area contributed by atoms with Gasteiger partial charge in [-0.3, -0.25) is 4.79 Å². The monoisotopic (exact) mass is 239 g/mol. The van der Waals surface area contributed by atoms with Crippen molar-refractivity contribution in [1.82, 2.24) is 5.32 Å². The third-order valence-electron chi connectivity index (χ3n) is 4.61. The number of carboxylic acids is 1. The van der Waals surface area contributed by atoms with Crippen molar-refractivity contribution in [2.24, 2.45) is 17.3 Å². The number of hydrogen-bond donors (Lipinski definition) is 2. The summed E-state index contributed by atoms with van der Waals surface area (Å²) < 4.78 is 0. The molecule has 0 saturated heterocycles. The van der Waals surface area contributed by atoms with E-state index in [0.29, 0.717) is 17.4 Å². The van der Waals surface area contributed by atoms with E-state index in [1.54, 1.807) is 0 Å². The minimum Gasteiger partial charge on any atom is -0.481 e. The van der Waals surface area contributed by atoms with Gasteiger partial charge in [-0.2, -0.15) is 0 Å². The molecule has 0 amide bonds. The fourth-order valence-electron chi connectivity index (χ4n) is 3.53. The lowest BCUT2D eigenvalue weighted by Gasteiger charge is -2.21. The van der Waals surface area contributed by atoms with Crippen LogP contribution in [0, 0.1) is 17.3 Å². The van der Waals surface area contributed by atoms with Crippen LogP contribution in [0.3, 0.4) is 0 Å². The highest BCUT2D eigenvalue weighted by molar-refractivity contribution is 5.70. The van der Waals surface area contributed by atoms with Crippen LogP contribution in [-0.4, -0.2) is 23.7 Å². The van der Waals surface area contributed by atoms with Crippen LogP contribution in [0.25, 0.3) is 0 Å². The van der Waals surface area contributed by atoms with Gasteiger partial charge < -0.3 is 10.4 Å². The third-order valence-corrected chi connectivity index (χ3v) is 4.61. The molecule has 0 aromatic carbocycles. The Morgan fingerprint density at radius 3 is 2.71 bits per heavy atom. The molecule has 0 aromatic rings. The molecule has 0 radical (unpaired) electrons. The van der Waals surface area contributed by atoms with Gasteiger partial charge in [-0.05, 0) is 50.0 Å². The number of aliphatic carboxylic acids is 1. The van der Waals surface area contributed by atoms with Gasteiger partial charge in [-0.25, -0.2) is 0 Å². The third kappa shape index (κ3) is 3.21. The molecule has 2 fully saturated rings. The summed E-state index contributed by atoms with van der Waals surface area (Å²) in [4.78, 5) is 11.1. The van der Waals surface area contributed by atoms with E-state index in [1.807, 2.05) is 0 Å². The zero-order valence-corrected chi connectivity index (χ0v) is 11.0. The summed E-state index contributed by atoms with van der Waals surface area (Å²) in [5, 5.41) is 12.7. The van der Waals surface area contributed by atoms with Gasteiger partial charge >= 0.3 is 5.97 Å². The van der Waals surface area contributed by atoms with E-state index in [2.05, 4.69) is 19.2 Å². The lowest BCUT2D eigenvalue weighted by Crippen LogP contribution is -2.35. The Kier molecular flexibility index (Phi) is 3.76. The number of nitrogens with one attached hydrogen (secondary N) is 1. The SMILES string of the molecule is CC1(C)CCC(NCC2CCCC2C(=O)O)C1. The largest absolute Gasteiger partial charge is 0.481 e. The van der Waals surface area contributed by atoms with Gasteiger partial charge in [-0.15, -0.1) is 0 Å². The molecule has 2 saturated carbocycles. The van der Waals surface area contributed by atoms with Crippen molar-refractivity contribution in [2.75, 3.05) is 6.54 Å². The fourth-order valence-corrected chi connectivity index (χ4v) is 3.53. The molecule has 0 spiro atoms. The second-order valence-corrected chi connectivity index (χ2v) is 6.65. The molecule has 98 valence electrons. The van der Waals surface area contributed by atoms with E-state index < -0.39 is 5.97 Å². The maximum absolute atomic E-state index is 11.1. The first kappa shape index (κ1) is 12.9. The Morgan fingerprint density at radius 2 is 2.12 bits per heavy atom. The van der Waals surface area contributed by atoms with Gasteiger partial charge in [0.25, 0.3) is 0 Å². The van der Waals surface area contributed by atoms with E-state index in [9.17, 15) is 4.79 Å². The molecule has 0 aliphatic heterocycles. The lowest BCUT2D eigenvalue weighted by molar-refractivity contribution is -0.142. The molecule has 3 atom stereocenters. The summed E-state index contributed by atoms with van der Waals surface area (Å²) >= 11 is 0. The van der Waals surface area contributed by atoms with Crippen molar-refractivity contribution in [3.8, 4) is 0 Å². The zero-order valence-electron chi connectivity index (χ0n) is 11.0. The molecule has 2 aliphatic rings. The first-order chi connectivity index (χ1) is 7.98. The minimum atomic E-state index is -0.596. The first-order valence-electron chi connectivity index (χ1n) is 6.94. The maximum atomic E-state index is 11.1. The smallest absolute Gasteiger partial charge is 0.306 e. The van der Waals surface area contributed by atoms with Crippen molar-refractivity contribution < 1.29 is 9.90 Å². The quantitative estimate of drug-likeness (QED) is 0.793. The average Bonchev–Trinajstić information content (AvgIpc) is 2.81. The van der Waals surface area contributed by atoms with Gasteiger partial charge in [0.15, 0.2) is 0 Å². The van der Waals surface area contributed by atoms with E-state index in [4.69, 9.17) is 5.11 Å². The van der Waals surface area contributed by atoms with E-state index in [0.717, 1.165) is 25.8 Å². The van der Waals surface area contributed by atoms with E-state index in [-0.39, 0.29) is 5.92 Å². The Hall–Kier alpha value is -0.570. The minimum absolute atomic E-state index is 0.100. The van der Waals surface area contributed by atoms with Crippen LogP contribution in [0.2, 0.25) is 0 Å². The molecule has 2 N–H and O–H groups in total. The van der Waals surface area contributed by atoms with Crippen LogP contribution in [0.4, 0.5) is 0 Å². The Labute approximate surface area is 104 Å². The topological polar surface area (TPSA) is 49.3 Å². The molecule has 17 heavy (non-hydrogen) atoms. The molecule has 3 heteroatoms. The number of carbonyl (C=O) groups is 1. The second-order valence-electron chi connectivity index (χ2n) is 6.65. The molecule has 3 unspecified atom stereocenters. The van der Waals surface area contributed by atoms with E-state index in [1.165, 1.54) is 19.3 Å². The summed E-state index contributed by atoms with van der Waals surface area (Å²) in [6, 6.07) is 0.611. The summed E-state index contributed by atoms with van der Waals surface area (Å²) in [6.45, 7) is 5.55. The predicted octanol–water partition coefficient (Wildman–Crippen LogP) is 2.66. The Balaban J connectivity index is 1.77. The predicted molar refractivity (Wildman–Crippen MR) is 67.9 cm³/mol. The average molecular weight is 239 g/mol. The number of hydrogen-bond acceptors (Lipinski definition) is 2. The van der Waals surface area contributed by atoms with Crippen LogP contribution in [0.15, 0.2) is 0 Å². The van der Waals surface area contributed by atoms with Crippen LogP contribution >= 0.6 is 0 Å². The van der Waals surface area contributed by atoms with Crippen molar-refractivity contribution in [3.05, 3.63) is 0 Å². The normalized spacial score (nSPS) is 36.2. The van der Waals surface area contributed by atoms with Crippen molar-refractivity contribution in [3.63, 3.8) is 0 Å². The van der Waals surface area contributed by atoms with Crippen LogP contribution in [0.1, 0.15) is 52.4 Å². The highest BCUT2D eigenvalue weighted by atomic mass is 16.4. The van der Waals surface area contributed by atoms with Crippen LogP contribution in [-0.2, 0) is 4.79 Å².